The summed E-state index contributed by atoms with van der Waals surface area (Å²) in [6.45, 7) is 15.2. The standard InChI is InChI=1S/C24H31ClN6O2/c1-13(2)21-23(26)27-12-28-24(21)29-15(4)18-8-20(25)14(3)19-11-30(6-7-33-22(18)19)17-9-31(10-17)16(5)32/h8,12,15,17H,1,6-7,9-11H2,2-5H3,(H3,26,27,28,29). The molecule has 0 bridgehead atoms. The Kier molecular flexibility index (Phi) is 6.50. The predicted molar refractivity (Wildman–Crippen MR) is 131 cm³/mol. The average molecular weight is 471 g/mol. The van der Waals surface area contributed by atoms with Crippen LogP contribution in [0.25, 0.3) is 5.57 Å². The number of carbonyl (C=O) groups is 1. The number of likely N-dealkylation sites (tertiary alicyclic amines) is 1. The zero-order chi connectivity index (χ0) is 23.9. The van der Waals surface area contributed by atoms with Crippen molar-refractivity contribution in [2.45, 2.75) is 46.3 Å². The summed E-state index contributed by atoms with van der Waals surface area (Å²) >= 11 is 6.68. The number of ether oxygens (including phenoxy) is 1. The second-order valence-electron chi connectivity index (χ2n) is 8.91. The van der Waals surface area contributed by atoms with Crippen LogP contribution in [0.3, 0.4) is 0 Å². The molecule has 4 rings (SSSR count). The van der Waals surface area contributed by atoms with Gasteiger partial charge in [-0.2, -0.15) is 0 Å². The molecular formula is C24H31ClN6O2. The maximum Gasteiger partial charge on any atom is 0.219 e. The lowest BCUT2D eigenvalue weighted by Crippen LogP contribution is -2.60. The van der Waals surface area contributed by atoms with Gasteiger partial charge in [0, 0.05) is 55.3 Å². The molecule has 0 spiro atoms. The Labute approximate surface area is 199 Å². The first-order valence-electron chi connectivity index (χ1n) is 11.1. The first-order valence-corrected chi connectivity index (χ1v) is 11.5. The SMILES string of the molecule is C=C(C)c1c(N)ncnc1NC(C)c1cc(Cl)c(C)c2c1OCCN(C1CN(C(C)=O)C1)C2. The molecule has 8 nitrogen and oxygen atoms in total. The van der Waals surface area contributed by atoms with Crippen molar-refractivity contribution < 1.29 is 9.53 Å². The summed E-state index contributed by atoms with van der Waals surface area (Å²) in [5.74, 6) is 2.00. The smallest absolute Gasteiger partial charge is 0.219 e. The molecule has 1 unspecified atom stereocenters. The van der Waals surface area contributed by atoms with Gasteiger partial charge in [0.1, 0.15) is 30.3 Å². The molecule has 2 aliphatic heterocycles. The van der Waals surface area contributed by atoms with Gasteiger partial charge in [-0.05, 0) is 38.0 Å². The number of aromatic nitrogens is 2. The van der Waals surface area contributed by atoms with Crippen LogP contribution in [-0.4, -0.2) is 58.0 Å². The van der Waals surface area contributed by atoms with Crippen molar-refractivity contribution in [1.29, 1.82) is 0 Å². The molecule has 2 aliphatic rings. The van der Waals surface area contributed by atoms with E-state index in [0.29, 0.717) is 34.9 Å². The summed E-state index contributed by atoms with van der Waals surface area (Å²) in [5, 5.41) is 4.15. The summed E-state index contributed by atoms with van der Waals surface area (Å²) in [7, 11) is 0. The number of hydrogen-bond acceptors (Lipinski definition) is 7. The lowest BCUT2D eigenvalue weighted by molar-refractivity contribution is -0.136. The van der Waals surface area contributed by atoms with Gasteiger partial charge in [0.05, 0.1) is 11.6 Å². The average Bonchev–Trinajstić information content (AvgIpc) is 2.92. The normalized spacial score (nSPS) is 17.4. The Balaban J connectivity index is 1.63. The largest absolute Gasteiger partial charge is 0.492 e. The summed E-state index contributed by atoms with van der Waals surface area (Å²) in [5.41, 5.74) is 10.6. The number of allylic oxidation sites excluding steroid dienone is 1. The Morgan fingerprint density at radius 3 is 2.76 bits per heavy atom. The molecule has 1 aromatic heterocycles. The molecule has 0 saturated carbocycles. The minimum atomic E-state index is -0.146. The minimum Gasteiger partial charge on any atom is -0.492 e. The second kappa shape index (κ2) is 9.19. The Hall–Kier alpha value is -2.84. The lowest BCUT2D eigenvalue weighted by atomic mass is 9.97. The van der Waals surface area contributed by atoms with Gasteiger partial charge in [-0.1, -0.05) is 18.2 Å². The van der Waals surface area contributed by atoms with E-state index >= 15 is 0 Å². The summed E-state index contributed by atoms with van der Waals surface area (Å²) in [6.07, 6.45) is 1.44. The highest BCUT2D eigenvalue weighted by Gasteiger charge is 2.35. The first kappa shape index (κ1) is 23.3. The number of rotatable bonds is 5. The van der Waals surface area contributed by atoms with Crippen LogP contribution in [-0.2, 0) is 11.3 Å². The van der Waals surface area contributed by atoms with E-state index in [-0.39, 0.29) is 11.9 Å². The van der Waals surface area contributed by atoms with Crippen molar-refractivity contribution in [3.05, 3.63) is 46.2 Å². The monoisotopic (exact) mass is 470 g/mol. The van der Waals surface area contributed by atoms with Crippen molar-refractivity contribution in [3.8, 4) is 5.75 Å². The fourth-order valence-corrected chi connectivity index (χ4v) is 4.73. The van der Waals surface area contributed by atoms with E-state index < -0.39 is 0 Å². The van der Waals surface area contributed by atoms with Gasteiger partial charge in [0.25, 0.3) is 0 Å². The number of carbonyl (C=O) groups excluding carboxylic acids is 1. The van der Waals surface area contributed by atoms with E-state index in [1.165, 1.54) is 6.33 Å². The molecule has 0 radical (unpaired) electrons. The molecule has 3 heterocycles. The van der Waals surface area contributed by atoms with Crippen LogP contribution in [0.15, 0.2) is 19.0 Å². The molecule has 1 amide bonds. The molecule has 1 saturated heterocycles. The zero-order valence-electron chi connectivity index (χ0n) is 19.6. The van der Waals surface area contributed by atoms with Gasteiger partial charge in [-0.3, -0.25) is 9.69 Å². The number of benzene rings is 1. The fourth-order valence-electron chi connectivity index (χ4n) is 4.50. The molecule has 1 atom stereocenters. The Bertz CT molecular complexity index is 1100. The van der Waals surface area contributed by atoms with Crippen LogP contribution in [0.4, 0.5) is 11.6 Å². The Morgan fingerprint density at radius 2 is 2.09 bits per heavy atom. The van der Waals surface area contributed by atoms with Gasteiger partial charge >= 0.3 is 0 Å². The molecule has 1 fully saturated rings. The van der Waals surface area contributed by atoms with E-state index in [4.69, 9.17) is 22.1 Å². The number of nitrogens with one attached hydrogen (secondary N) is 1. The second-order valence-corrected chi connectivity index (χ2v) is 9.31. The van der Waals surface area contributed by atoms with Gasteiger partial charge in [-0.15, -0.1) is 0 Å². The van der Waals surface area contributed by atoms with Crippen LogP contribution in [0.2, 0.25) is 5.02 Å². The van der Waals surface area contributed by atoms with E-state index in [1.807, 2.05) is 31.7 Å². The van der Waals surface area contributed by atoms with Gasteiger partial charge in [-0.25, -0.2) is 9.97 Å². The van der Waals surface area contributed by atoms with Crippen molar-refractivity contribution >= 4 is 34.7 Å². The van der Waals surface area contributed by atoms with E-state index in [0.717, 1.165) is 54.2 Å². The molecule has 33 heavy (non-hydrogen) atoms. The van der Waals surface area contributed by atoms with Crippen molar-refractivity contribution in [1.82, 2.24) is 19.8 Å². The molecule has 1 aromatic carbocycles. The minimum absolute atomic E-state index is 0.124. The lowest BCUT2D eigenvalue weighted by Gasteiger charge is -2.44. The third-order valence-corrected chi connectivity index (χ3v) is 6.96. The number of nitrogens with two attached hydrogens (primary N) is 1. The number of fused-ring (bicyclic) bond motifs is 1. The van der Waals surface area contributed by atoms with Crippen LogP contribution < -0.4 is 15.8 Å². The summed E-state index contributed by atoms with van der Waals surface area (Å²) < 4.78 is 6.30. The number of nitrogens with zero attached hydrogens (tertiary/aromatic N) is 4. The predicted octanol–water partition coefficient (Wildman–Crippen LogP) is 3.65. The molecule has 176 valence electrons. The van der Waals surface area contributed by atoms with Gasteiger partial charge in [0.2, 0.25) is 5.91 Å². The highest BCUT2D eigenvalue weighted by atomic mass is 35.5. The van der Waals surface area contributed by atoms with Gasteiger partial charge < -0.3 is 20.7 Å². The van der Waals surface area contributed by atoms with Crippen molar-refractivity contribution in [2.24, 2.45) is 0 Å². The van der Waals surface area contributed by atoms with Gasteiger partial charge in [0.15, 0.2) is 0 Å². The molecule has 0 aliphatic carbocycles. The number of nitrogen functional groups attached to an aromatic ring is 1. The number of amides is 1. The number of halogens is 1. The molecule has 2 aromatic rings. The van der Waals surface area contributed by atoms with Crippen LogP contribution in [0.1, 0.15) is 49.1 Å². The first-order chi connectivity index (χ1) is 15.7. The highest BCUT2D eigenvalue weighted by molar-refractivity contribution is 6.31. The molecule has 9 heteroatoms. The molecule has 3 N–H and O–H groups in total. The molecular weight excluding hydrogens is 440 g/mol. The Morgan fingerprint density at radius 1 is 1.36 bits per heavy atom. The summed E-state index contributed by atoms with van der Waals surface area (Å²) in [6, 6.07) is 2.16. The van der Waals surface area contributed by atoms with E-state index in [9.17, 15) is 4.79 Å². The zero-order valence-corrected chi connectivity index (χ0v) is 20.4. The number of hydrogen-bond donors (Lipinski definition) is 2. The van der Waals surface area contributed by atoms with E-state index in [2.05, 4.69) is 26.8 Å². The number of anilines is 2. The van der Waals surface area contributed by atoms with Crippen LogP contribution in [0.5, 0.6) is 5.75 Å². The maximum atomic E-state index is 11.6. The van der Waals surface area contributed by atoms with Crippen molar-refractivity contribution in [3.63, 3.8) is 0 Å². The maximum absolute atomic E-state index is 11.6. The third-order valence-electron chi connectivity index (χ3n) is 6.56. The summed E-state index contributed by atoms with van der Waals surface area (Å²) in [4.78, 5) is 24.4. The quantitative estimate of drug-likeness (QED) is 0.688. The third kappa shape index (κ3) is 4.50. The van der Waals surface area contributed by atoms with Crippen LogP contribution in [0, 0.1) is 6.92 Å². The van der Waals surface area contributed by atoms with E-state index in [1.54, 1.807) is 6.92 Å². The topological polar surface area (TPSA) is 96.6 Å². The van der Waals surface area contributed by atoms with Crippen molar-refractivity contribution in [2.75, 3.05) is 37.3 Å². The highest BCUT2D eigenvalue weighted by Crippen LogP contribution is 2.40. The fraction of sp³-hybridized carbons (Fsp3) is 0.458. The van der Waals surface area contributed by atoms with Crippen LogP contribution >= 0.6 is 11.6 Å².